The molecule has 0 bridgehead atoms. The average molecular weight is 427 g/mol. The van der Waals surface area contributed by atoms with Crippen LogP contribution in [0.2, 0.25) is 4.34 Å². The minimum atomic E-state index is -0.988. The molecule has 7 heteroatoms. The predicted molar refractivity (Wildman–Crippen MR) is 82.5 cm³/mol. The van der Waals surface area contributed by atoms with Gasteiger partial charge in [-0.2, -0.15) is 0 Å². The fourth-order valence-corrected chi connectivity index (χ4v) is 3.81. The molecule has 100 valence electrons. The SMILES string of the molecule is O=C(O)c1cc(Br)c(OCc2ccc(Cl)s2)c(Br)c1. The molecule has 1 heterocycles. The maximum absolute atomic E-state index is 10.9. The highest BCUT2D eigenvalue weighted by atomic mass is 79.9. The lowest BCUT2D eigenvalue weighted by atomic mass is 10.2. The normalized spacial score (nSPS) is 10.5. The van der Waals surface area contributed by atoms with Crippen molar-refractivity contribution >= 4 is 60.8 Å². The van der Waals surface area contributed by atoms with E-state index in [0.717, 1.165) is 4.88 Å². The summed E-state index contributed by atoms with van der Waals surface area (Å²) < 4.78 is 7.54. The Morgan fingerprint density at radius 3 is 2.42 bits per heavy atom. The number of aromatic carboxylic acids is 1. The van der Waals surface area contributed by atoms with Gasteiger partial charge in [0.15, 0.2) is 0 Å². The van der Waals surface area contributed by atoms with E-state index in [9.17, 15) is 4.79 Å². The highest BCUT2D eigenvalue weighted by Gasteiger charge is 2.13. The van der Waals surface area contributed by atoms with Crippen LogP contribution in [0.3, 0.4) is 0 Å². The second-order valence-electron chi connectivity index (χ2n) is 3.57. The Morgan fingerprint density at radius 2 is 1.95 bits per heavy atom. The minimum Gasteiger partial charge on any atom is -0.486 e. The van der Waals surface area contributed by atoms with E-state index in [2.05, 4.69) is 31.9 Å². The van der Waals surface area contributed by atoms with Crippen LogP contribution in [0.4, 0.5) is 0 Å². The number of carboxylic acid groups (broad SMARTS) is 1. The molecule has 0 amide bonds. The second-order valence-corrected chi connectivity index (χ2v) is 7.08. The third-order valence-electron chi connectivity index (χ3n) is 2.23. The number of halogens is 3. The summed E-state index contributed by atoms with van der Waals surface area (Å²) in [6.45, 7) is 0.376. The van der Waals surface area contributed by atoms with Crippen molar-refractivity contribution in [3.8, 4) is 5.75 Å². The van der Waals surface area contributed by atoms with Gasteiger partial charge in [-0.05, 0) is 56.1 Å². The molecule has 2 aromatic rings. The molecule has 0 radical (unpaired) electrons. The molecule has 1 aromatic carbocycles. The van der Waals surface area contributed by atoms with Crippen LogP contribution in [-0.4, -0.2) is 11.1 Å². The van der Waals surface area contributed by atoms with Gasteiger partial charge in [0.2, 0.25) is 0 Å². The zero-order valence-corrected chi connectivity index (χ0v) is 14.1. The van der Waals surface area contributed by atoms with Crippen molar-refractivity contribution in [3.05, 3.63) is 48.0 Å². The molecular weight excluding hydrogens is 419 g/mol. The number of carbonyl (C=O) groups is 1. The summed E-state index contributed by atoms with van der Waals surface area (Å²) in [5.41, 5.74) is 0.185. The molecule has 0 aliphatic heterocycles. The summed E-state index contributed by atoms with van der Waals surface area (Å²) in [4.78, 5) is 11.9. The molecule has 1 aromatic heterocycles. The van der Waals surface area contributed by atoms with E-state index in [1.165, 1.54) is 23.5 Å². The Hall–Kier alpha value is -0.560. The van der Waals surface area contributed by atoms with Crippen molar-refractivity contribution in [2.45, 2.75) is 6.61 Å². The average Bonchev–Trinajstić information content (AvgIpc) is 2.73. The molecule has 1 N–H and O–H groups in total. The number of thiophene rings is 1. The van der Waals surface area contributed by atoms with Gasteiger partial charge in [0.1, 0.15) is 12.4 Å². The lowest BCUT2D eigenvalue weighted by molar-refractivity contribution is 0.0696. The molecule has 0 aliphatic carbocycles. The fourth-order valence-electron chi connectivity index (χ4n) is 1.39. The molecule has 0 spiro atoms. The van der Waals surface area contributed by atoms with Crippen LogP contribution in [0.25, 0.3) is 0 Å². The number of rotatable bonds is 4. The number of hydrogen-bond acceptors (Lipinski definition) is 3. The largest absolute Gasteiger partial charge is 0.486 e. The van der Waals surface area contributed by atoms with Crippen LogP contribution in [-0.2, 0) is 6.61 Å². The van der Waals surface area contributed by atoms with Crippen LogP contribution < -0.4 is 4.74 Å². The number of hydrogen-bond donors (Lipinski definition) is 1. The monoisotopic (exact) mass is 424 g/mol. The van der Waals surface area contributed by atoms with Gasteiger partial charge in [-0.1, -0.05) is 11.6 Å². The predicted octanol–water partition coefficient (Wildman–Crippen LogP) is 5.20. The highest BCUT2D eigenvalue weighted by Crippen LogP contribution is 2.36. The van der Waals surface area contributed by atoms with E-state index in [4.69, 9.17) is 21.4 Å². The molecule has 0 unspecified atom stereocenters. The number of benzene rings is 1. The van der Waals surface area contributed by atoms with Crippen LogP contribution in [0.5, 0.6) is 5.75 Å². The zero-order chi connectivity index (χ0) is 14.0. The summed E-state index contributed by atoms with van der Waals surface area (Å²) >= 11 is 13.9. The van der Waals surface area contributed by atoms with E-state index >= 15 is 0 Å². The Labute approximate surface area is 135 Å². The summed E-state index contributed by atoms with van der Waals surface area (Å²) in [7, 11) is 0. The minimum absolute atomic E-state index is 0.185. The molecule has 0 saturated heterocycles. The van der Waals surface area contributed by atoms with Crippen LogP contribution in [0.15, 0.2) is 33.2 Å². The molecular formula is C12H7Br2ClO3S. The maximum atomic E-state index is 10.9. The summed E-state index contributed by atoms with van der Waals surface area (Å²) in [6, 6.07) is 6.70. The first-order valence-corrected chi connectivity index (χ1v) is 7.85. The zero-order valence-electron chi connectivity index (χ0n) is 9.32. The molecule has 0 fully saturated rings. The third kappa shape index (κ3) is 3.72. The highest BCUT2D eigenvalue weighted by molar-refractivity contribution is 9.11. The summed E-state index contributed by atoms with van der Waals surface area (Å²) in [6.07, 6.45) is 0. The Bertz CT molecular complexity index is 604. The van der Waals surface area contributed by atoms with E-state index < -0.39 is 5.97 Å². The van der Waals surface area contributed by atoms with Gasteiger partial charge < -0.3 is 9.84 Å². The van der Waals surface area contributed by atoms with E-state index in [1.54, 1.807) is 0 Å². The van der Waals surface area contributed by atoms with Crippen molar-refractivity contribution in [1.82, 2.24) is 0 Å². The van der Waals surface area contributed by atoms with Gasteiger partial charge >= 0.3 is 5.97 Å². The molecule has 0 aliphatic rings. The third-order valence-corrected chi connectivity index (χ3v) is 4.62. The van der Waals surface area contributed by atoms with Gasteiger partial charge in [-0.25, -0.2) is 4.79 Å². The van der Waals surface area contributed by atoms with Crippen molar-refractivity contribution in [2.24, 2.45) is 0 Å². The van der Waals surface area contributed by atoms with Gasteiger partial charge in [-0.15, -0.1) is 11.3 Å². The smallest absolute Gasteiger partial charge is 0.335 e. The first-order valence-electron chi connectivity index (χ1n) is 5.06. The second kappa shape index (κ2) is 6.26. The molecule has 0 saturated carbocycles. The topological polar surface area (TPSA) is 46.5 Å². The number of ether oxygens (including phenoxy) is 1. The van der Waals surface area contributed by atoms with Crippen LogP contribution >= 0.6 is 54.8 Å². The molecule has 3 nitrogen and oxygen atoms in total. The summed E-state index contributed by atoms with van der Waals surface area (Å²) in [5.74, 6) is -0.424. The van der Waals surface area contributed by atoms with E-state index in [0.29, 0.717) is 25.6 Å². The molecule has 0 atom stereocenters. The van der Waals surface area contributed by atoms with E-state index in [1.807, 2.05) is 12.1 Å². The quantitative estimate of drug-likeness (QED) is 0.731. The first-order chi connectivity index (χ1) is 8.97. The summed E-state index contributed by atoms with van der Waals surface area (Å²) in [5, 5.41) is 8.94. The lowest BCUT2D eigenvalue weighted by Gasteiger charge is -2.10. The molecule has 19 heavy (non-hydrogen) atoms. The lowest BCUT2D eigenvalue weighted by Crippen LogP contribution is -1.99. The van der Waals surface area contributed by atoms with Crippen molar-refractivity contribution in [3.63, 3.8) is 0 Å². The van der Waals surface area contributed by atoms with Gasteiger partial charge in [0.25, 0.3) is 0 Å². The Kier molecular flexibility index (Phi) is 4.89. The van der Waals surface area contributed by atoms with Gasteiger partial charge in [0, 0.05) is 4.88 Å². The first kappa shape index (κ1) is 14.8. The molecule has 2 rings (SSSR count). The Morgan fingerprint density at radius 1 is 1.32 bits per heavy atom. The van der Waals surface area contributed by atoms with Crippen LogP contribution in [0, 0.1) is 0 Å². The van der Waals surface area contributed by atoms with Crippen molar-refractivity contribution in [2.75, 3.05) is 0 Å². The van der Waals surface area contributed by atoms with Crippen LogP contribution in [0.1, 0.15) is 15.2 Å². The fraction of sp³-hybridized carbons (Fsp3) is 0.0833. The Balaban J connectivity index is 2.18. The van der Waals surface area contributed by atoms with Gasteiger partial charge in [-0.3, -0.25) is 0 Å². The number of carboxylic acids is 1. The maximum Gasteiger partial charge on any atom is 0.335 e. The van der Waals surface area contributed by atoms with Gasteiger partial charge in [0.05, 0.1) is 18.8 Å². The van der Waals surface area contributed by atoms with Crippen molar-refractivity contribution in [1.29, 1.82) is 0 Å². The standard InChI is InChI=1S/C12H7Br2ClO3S/c13-8-3-6(12(16)17)4-9(14)11(8)18-5-7-1-2-10(15)19-7/h1-4H,5H2,(H,16,17). The van der Waals surface area contributed by atoms with Crippen molar-refractivity contribution < 1.29 is 14.6 Å². The van der Waals surface area contributed by atoms with E-state index in [-0.39, 0.29) is 5.56 Å².